The molecular formula is C20H33N5O. The fourth-order valence-corrected chi connectivity index (χ4v) is 4.58. The van der Waals surface area contributed by atoms with Gasteiger partial charge in [0.1, 0.15) is 0 Å². The van der Waals surface area contributed by atoms with E-state index >= 15 is 0 Å². The van der Waals surface area contributed by atoms with Crippen LogP contribution in [-0.2, 0) is 11.3 Å². The van der Waals surface area contributed by atoms with Crippen molar-refractivity contribution in [1.29, 1.82) is 0 Å². The number of nitrogens with one attached hydrogen (secondary N) is 1. The molecule has 1 atom stereocenters. The quantitative estimate of drug-likeness (QED) is 0.842. The summed E-state index contributed by atoms with van der Waals surface area (Å²) >= 11 is 0. The molecule has 6 heteroatoms. The SMILES string of the molecule is c1nc(NC[C@H]2CCCO2)ncc1CN1CCCN(C2CCCC2)CC1. The van der Waals surface area contributed by atoms with Gasteiger partial charge < -0.3 is 10.1 Å². The zero-order valence-corrected chi connectivity index (χ0v) is 15.9. The number of ether oxygens (including phenoxy) is 1. The van der Waals surface area contributed by atoms with E-state index in [4.69, 9.17) is 4.74 Å². The summed E-state index contributed by atoms with van der Waals surface area (Å²) in [7, 11) is 0. The topological polar surface area (TPSA) is 53.5 Å². The Balaban J connectivity index is 1.23. The molecule has 1 aliphatic carbocycles. The molecule has 1 saturated carbocycles. The predicted octanol–water partition coefficient (Wildman–Crippen LogP) is 2.52. The van der Waals surface area contributed by atoms with Crippen LogP contribution in [0.2, 0.25) is 0 Å². The molecule has 144 valence electrons. The van der Waals surface area contributed by atoms with Crippen molar-refractivity contribution in [3.63, 3.8) is 0 Å². The smallest absolute Gasteiger partial charge is 0.222 e. The van der Waals surface area contributed by atoms with Crippen LogP contribution < -0.4 is 5.32 Å². The summed E-state index contributed by atoms with van der Waals surface area (Å²) in [4.78, 5) is 14.3. The zero-order valence-electron chi connectivity index (χ0n) is 15.9. The maximum atomic E-state index is 5.63. The summed E-state index contributed by atoms with van der Waals surface area (Å²) in [5.74, 6) is 0.715. The summed E-state index contributed by atoms with van der Waals surface area (Å²) in [5.41, 5.74) is 1.21. The maximum Gasteiger partial charge on any atom is 0.222 e. The molecule has 6 nitrogen and oxygen atoms in total. The van der Waals surface area contributed by atoms with Crippen LogP contribution in [0.1, 0.15) is 50.5 Å². The van der Waals surface area contributed by atoms with Crippen molar-refractivity contribution in [3.8, 4) is 0 Å². The molecule has 3 fully saturated rings. The second-order valence-corrected chi connectivity index (χ2v) is 8.03. The average molecular weight is 360 g/mol. The highest BCUT2D eigenvalue weighted by molar-refractivity contribution is 5.25. The van der Waals surface area contributed by atoms with Gasteiger partial charge in [-0.15, -0.1) is 0 Å². The van der Waals surface area contributed by atoms with Crippen LogP contribution in [0.4, 0.5) is 5.95 Å². The summed E-state index contributed by atoms with van der Waals surface area (Å²) in [6.45, 7) is 7.49. The Kier molecular flexibility index (Phi) is 6.35. The van der Waals surface area contributed by atoms with E-state index in [9.17, 15) is 0 Å². The van der Waals surface area contributed by atoms with Gasteiger partial charge in [-0.1, -0.05) is 12.8 Å². The van der Waals surface area contributed by atoms with Gasteiger partial charge in [0.2, 0.25) is 5.95 Å². The standard InChI is InChI=1S/C20H33N5O/c1-2-6-18(5-1)25-9-4-8-24(10-11-25)16-17-13-21-20(22-14-17)23-15-19-7-3-12-26-19/h13-14,18-19H,1-12,15-16H2,(H,21,22,23)/t19-/m1/s1. The van der Waals surface area contributed by atoms with Gasteiger partial charge in [-0.05, 0) is 45.2 Å². The van der Waals surface area contributed by atoms with Crippen LogP contribution in [0.5, 0.6) is 0 Å². The van der Waals surface area contributed by atoms with E-state index in [-0.39, 0.29) is 0 Å². The molecule has 0 aromatic carbocycles. The van der Waals surface area contributed by atoms with E-state index in [1.54, 1.807) is 0 Å². The third-order valence-electron chi connectivity index (χ3n) is 6.09. The highest BCUT2D eigenvalue weighted by Crippen LogP contribution is 2.24. The minimum Gasteiger partial charge on any atom is -0.376 e. The van der Waals surface area contributed by atoms with Gasteiger partial charge in [-0.3, -0.25) is 9.80 Å². The van der Waals surface area contributed by atoms with Crippen LogP contribution in [0.3, 0.4) is 0 Å². The Labute approximate surface area is 157 Å². The lowest BCUT2D eigenvalue weighted by Gasteiger charge is -2.27. The Hall–Kier alpha value is -1.24. The first-order valence-electron chi connectivity index (χ1n) is 10.5. The maximum absolute atomic E-state index is 5.63. The van der Waals surface area contributed by atoms with Crippen molar-refractivity contribution in [2.24, 2.45) is 0 Å². The van der Waals surface area contributed by atoms with Gasteiger partial charge in [0.25, 0.3) is 0 Å². The Morgan fingerprint density at radius 1 is 0.962 bits per heavy atom. The minimum atomic E-state index is 0.318. The molecule has 2 saturated heterocycles. The Bertz CT molecular complexity index is 540. The molecule has 2 aliphatic heterocycles. The van der Waals surface area contributed by atoms with Gasteiger partial charge in [-0.25, -0.2) is 9.97 Å². The highest BCUT2D eigenvalue weighted by Gasteiger charge is 2.24. The van der Waals surface area contributed by atoms with E-state index in [2.05, 4.69) is 25.1 Å². The molecular weight excluding hydrogens is 326 g/mol. The number of hydrogen-bond acceptors (Lipinski definition) is 6. The van der Waals surface area contributed by atoms with E-state index in [0.717, 1.165) is 38.7 Å². The number of rotatable bonds is 6. The lowest BCUT2D eigenvalue weighted by Crippen LogP contribution is -2.36. The van der Waals surface area contributed by atoms with Gasteiger partial charge in [0, 0.05) is 56.8 Å². The van der Waals surface area contributed by atoms with E-state index in [1.807, 2.05) is 12.4 Å². The Morgan fingerprint density at radius 2 is 1.81 bits per heavy atom. The highest BCUT2D eigenvalue weighted by atomic mass is 16.5. The van der Waals surface area contributed by atoms with Crippen molar-refractivity contribution in [2.45, 2.75) is 63.6 Å². The van der Waals surface area contributed by atoms with Crippen LogP contribution in [0, 0.1) is 0 Å². The second-order valence-electron chi connectivity index (χ2n) is 8.03. The molecule has 26 heavy (non-hydrogen) atoms. The molecule has 0 amide bonds. The lowest BCUT2D eigenvalue weighted by atomic mass is 10.2. The normalized spacial score (nSPS) is 26.2. The molecule has 0 radical (unpaired) electrons. The van der Waals surface area contributed by atoms with Crippen molar-refractivity contribution < 1.29 is 4.74 Å². The molecule has 1 aromatic heterocycles. The Morgan fingerprint density at radius 3 is 2.58 bits per heavy atom. The summed E-state index contributed by atoms with van der Waals surface area (Å²) in [5, 5.41) is 3.30. The number of hydrogen-bond donors (Lipinski definition) is 1. The molecule has 1 N–H and O–H groups in total. The van der Waals surface area contributed by atoms with Crippen LogP contribution in [0.15, 0.2) is 12.4 Å². The molecule has 0 bridgehead atoms. The van der Waals surface area contributed by atoms with Crippen LogP contribution >= 0.6 is 0 Å². The monoisotopic (exact) mass is 359 g/mol. The summed E-state index contributed by atoms with van der Waals surface area (Å²) in [6, 6.07) is 0.854. The van der Waals surface area contributed by atoms with Gasteiger partial charge >= 0.3 is 0 Å². The first kappa shape index (κ1) is 18.1. The van der Waals surface area contributed by atoms with Crippen molar-refractivity contribution in [3.05, 3.63) is 18.0 Å². The summed E-state index contributed by atoms with van der Waals surface area (Å²) in [6.07, 6.45) is 13.5. The van der Waals surface area contributed by atoms with Crippen molar-refractivity contribution in [2.75, 3.05) is 44.6 Å². The zero-order chi connectivity index (χ0) is 17.6. The van der Waals surface area contributed by atoms with Crippen molar-refractivity contribution in [1.82, 2.24) is 19.8 Å². The average Bonchev–Trinajstić information content (AvgIpc) is 3.34. The number of nitrogens with zero attached hydrogens (tertiary/aromatic N) is 4. The van der Waals surface area contributed by atoms with E-state index < -0.39 is 0 Å². The molecule has 0 unspecified atom stereocenters. The first-order valence-corrected chi connectivity index (χ1v) is 10.5. The van der Waals surface area contributed by atoms with Gasteiger partial charge in [0.15, 0.2) is 0 Å². The second kappa shape index (κ2) is 9.11. The summed E-state index contributed by atoms with van der Waals surface area (Å²) < 4.78 is 5.63. The third kappa shape index (κ3) is 4.93. The van der Waals surface area contributed by atoms with Gasteiger partial charge in [-0.2, -0.15) is 0 Å². The van der Waals surface area contributed by atoms with Gasteiger partial charge in [0.05, 0.1) is 6.10 Å². The van der Waals surface area contributed by atoms with Crippen LogP contribution in [0.25, 0.3) is 0 Å². The third-order valence-corrected chi connectivity index (χ3v) is 6.09. The van der Waals surface area contributed by atoms with Crippen LogP contribution in [-0.4, -0.2) is 71.2 Å². The molecule has 4 rings (SSSR count). The van der Waals surface area contributed by atoms with Crippen molar-refractivity contribution >= 4 is 5.95 Å². The number of aromatic nitrogens is 2. The lowest BCUT2D eigenvalue weighted by molar-refractivity contribution is 0.120. The molecule has 3 heterocycles. The molecule has 1 aromatic rings. The fraction of sp³-hybridized carbons (Fsp3) is 0.800. The van der Waals surface area contributed by atoms with E-state index in [1.165, 1.54) is 63.7 Å². The first-order chi connectivity index (χ1) is 12.9. The fourth-order valence-electron chi connectivity index (χ4n) is 4.58. The minimum absolute atomic E-state index is 0.318. The van der Waals surface area contributed by atoms with E-state index in [0.29, 0.717) is 12.1 Å². The predicted molar refractivity (Wildman–Crippen MR) is 103 cm³/mol. The molecule has 0 spiro atoms. The molecule has 3 aliphatic rings. The number of anilines is 1. The largest absolute Gasteiger partial charge is 0.376 e.